The summed E-state index contributed by atoms with van der Waals surface area (Å²) in [6.45, 7) is 3.87. The van der Waals surface area contributed by atoms with Gasteiger partial charge in [0, 0.05) is 18.3 Å². The molecule has 0 bridgehead atoms. The molecule has 2 rings (SSSR count). The van der Waals surface area contributed by atoms with Gasteiger partial charge in [-0.25, -0.2) is 8.42 Å². The van der Waals surface area contributed by atoms with Crippen molar-refractivity contribution in [1.82, 2.24) is 4.47 Å². The molecular formula is C17H20N2O4S. The first kappa shape index (κ1) is 18.1. The third kappa shape index (κ3) is 3.81. The van der Waals surface area contributed by atoms with Crippen LogP contribution in [-0.4, -0.2) is 33.0 Å². The van der Waals surface area contributed by atoms with Crippen LogP contribution in [0.2, 0.25) is 0 Å². The number of carbonyl (C=O) groups excluding carboxylic acids is 1. The fraction of sp³-hybridized carbons (Fsp3) is 0.235. The average molecular weight is 348 g/mol. The second-order valence-electron chi connectivity index (χ2n) is 5.40. The van der Waals surface area contributed by atoms with Crippen molar-refractivity contribution < 1.29 is 18.0 Å². The lowest BCUT2D eigenvalue weighted by atomic mass is 10.1. The zero-order valence-corrected chi connectivity index (χ0v) is 14.8. The Morgan fingerprint density at radius 1 is 1.12 bits per heavy atom. The Hall–Kier alpha value is -2.22. The van der Waals surface area contributed by atoms with Crippen molar-refractivity contribution in [3.05, 3.63) is 59.2 Å². The van der Waals surface area contributed by atoms with Crippen LogP contribution in [0.25, 0.3) is 0 Å². The van der Waals surface area contributed by atoms with Gasteiger partial charge in [0.25, 0.3) is 15.9 Å². The Labute approximate surface area is 142 Å². The fourth-order valence-electron chi connectivity index (χ4n) is 2.19. The number of nitrogens with one attached hydrogen (secondary N) is 1. The van der Waals surface area contributed by atoms with Crippen LogP contribution in [0.3, 0.4) is 0 Å². The first-order valence-corrected chi connectivity index (χ1v) is 8.71. The maximum atomic E-state index is 12.4. The number of hydrogen-bond acceptors (Lipinski definition) is 4. The SMILES string of the molecule is CON(C)S(=O)(=O)c1cccc(C(=O)Nc2ccc(C)cc2C)c1. The van der Waals surface area contributed by atoms with Crippen molar-refractivity contribution >= 4 is 21.6 Å². The van der Waals surface area contributed by atoms with Gasteiger partial charge in [-0.1, -0.05) is 28.2 Å². The molecule has 128 valence electrons. The summed E-state index contributed by atoms with van der Waals surface area (Å²) in [6, 6.07) is 11.5. The minimum Gasteiger partial charge on any atom is -0.322 e. The maximum Gasteiger partial charge on any atom is 0.264 e. The molecule has 0 saturated heterocycles. The molecule has 2 aromatic carbocycles. The standard InChI is InChI=1S/C17H20N2O4S/c1-12-8-9-16(13(2)10-12)18-17(20)14-6-5-7-15(11-14)24(21,22)19(3)23-4/h5-11H,1-4H3,(H,18,20). The van der Waals surface area contributed by atoms with Crippen LogP contribution in [-0.2, 0) is 14.9 Å². The van der Waals surface area contributed by atoms with E-state index in [1.54, 1.807) is 6.07 Å². The molecule has 7 heteroatoms. The molecule has 0 aliphatic heterocycles. The Morgan fingerprint density at radius 2 is 1.83 bits per heavy atom. The minimum absolute atomic E-state index is 0.0138. The van der Waals surface area contributed by atoms with Crippen molar-refractivity contribution in [2.24, 2.45) is 0 Å². The van der Waals surface area contributed by atoms with Crippen LogP contribution in [0.4, 0.5) is 5.69 Å². The largest absolute Gasteiger partial charge is 0.322 e. The smallest absolute Gasteiger partial charge is 0.264 e. The fourth-order valence-corrected chi connectivity index (χ4v) is 3.21. The molecule has 0 aliphatic rings. The number of hydroxylamine groups is 1. The average Bonchev–Trinajstić information content (AvgIpc) is 2.56. The van der Waals surface area contributed by atoms with Gasteiger partial charge in [-0.2, -0.15) is 0 Å². The summed E-state index contributed by atoms with van der Waals surface area (Å²) in [5, 5.41) is 2.80. The zero-order chi connectivity index (χ0) is 17.9. The molecule has 0 saturated carbocycles. The van der Waals surface area contributed by atoms with Crippen LogP contribution in [0.5, 0.6) is 0 Å². The lowest BCUT2D eigenvalue weighted by Gasteiger charge is -2.15. The molecule has 0 unspecified atom stereocenters. The highest BCUT2D eigenvalue weighted by Crippen LogP contribution is 2.19. The molecule has 0 aliphatic carbocycles. The van der Waals surface area contributed by atoms with Gasteiger partial charge in [0.1, 0.15) is 0 Å². The van der Waals surface area contributed by atoms with Crippen molar-refractivity contribution in [2.75, 3.05) is 19.5 Å². The van der Waals surface area contributed by atoms with Crippen LogP contribution in [0.1, 0.15) is 21.5 Å². The summed E-state index contributed by atoms with van der Waals surface area (Å²) in [5.41, 5.74) is 2.97. The number of carbonyl (C=O) groups is 1. The molecule has 0 aromatic heterocycles. The summed E-state index contributed by atoms with van der Waals surface area (Å²) < 4.78 is 25.3. The summed E-state index contributed by atoms with van der Waals surface area (Å²) in [7, 11) is -1.25. The van der Waals surface area contributed by atoms with Gasteiger partial charge in [0.05, 0.1) is 12.0 Å². The molecule has 2 aromatic rings. The predicted octanol–water partition coefficient (Wildman–Crippen LogP) is 2.74. The van der Waals surface area contributed by atoms with E-state index in [4.69, 9.17) is 4.84 Å². The number of amides is 1. The van der Waals surface area contributed by atoms with Gasteiger partial charge in [-0.15, -0.1) is 0 Å². The van der Waals surface area contributed by atoms with E-state index in [9.17, 15) is 13.2 Å². The number of hydrogen-bond donors (Lipinski definition) is 1. The van der Waals surface area contributed by atoms with Crippen molar-refractivity contribution in [3.8, 4) is 0 Å². The van der Waals surface area contributed by atoms with E-state index in [2.05, 4.69) is 5.32 Å². The van der Waals surface area contributed by atoms with Gasteiger partial charge in [0.15, 0.2) is 0 Å². The molecule has 0 spiro atoms. The first-order valence-electron chi connectivity index (χ1n) is 7.27. The van der Waals surface area contributed by atoms with Gasteiger partial charge in [0.2, 0.25) is 0 Å². The normalized spacial score (nSPS) is 11.5. The third-order valence-corrected chi connectivity index (χ3v) is 5.30. The van der Waals surface area contributed by atoms with Crippen molar-refractivity contribution in [2.45, 2.75) is 18.7 Å². The quantitative estimate of drug-likeness (QED) is 0.843. The van der Waals surface area contributed by atoms with E-state index >= 15 is 0 Å². The molecule has 6 nitrogen and oxygen atoms in total. The molecular weight excluding hydrogens is 328 g/mol. The summed E-state index contributed by atoms with van der Waals surface area (Å²) in [5.74, 6) is -0.376. The highest BCUT2D eigenvalue weighted by atomic mass is 32.2. The number of benzene rings is 2. The second kappa shape index (κ2) is 7.12. The van der Waals surface area contributed by atoms with E-state index in [1.165, 1.54) is 32.4 Å². The van der Waals surface area contributed by atoms with Crippen molar-refractivity contribution in [1.29, 1.82) is 0 Å². The van der Waals surface area contributed by atoms with E-state index < -0.39 is 10.0 Å². The Kier molecular flexibility index (Phi) is 5.38. The molecule has 1 amide bonds. The van der Waals surface area contributed by atoms with Gasteiger partial charge in [-0.3, -0.25) is 9.63 Å². The number of rotatable bonds is 5. The zero-order valence-electron chi connectivity index (χ0n) is 14.0. The number of anilines is 1. The van der Waals surface area contributed by atoms with Gasteiger partial charge < -0.3 is 5.32 Å². The summed E-state index contributed by atoms with van der Waals surface area (Å²) in [6.07, 6.45) is 0. The van der Waals surface area contributed by atoms with Crippen LogP contribution >= 0.6 is 0 Å². The molecule has 0 fully saturated rings. The van der Waals surface area contributed by atoms with E-state index in [1.807, 2.05) is 32.0 Å². The highest BCUT2D eigenvalue weighted by molar-refractivity contribution is 7.89. The first-order chi connectivity index (χ1) is 11.3. The van der Waals surface area contributed by atoms with E-state index in [-0.39, 0.29) is 16.4 Å². The summed E-state index contributed by atoms with van der Waals surface area (Å²) in [4.78, 5) is 17.1. The number of sulfonamides is 1. The van der Waals surface area contributed by atoms with Crippen LogP contribution in [0, 0.1) is 13.8 Å². The Balaban J connectivity index is 2.30. The molecule has 0 radical (unpaired) electrons. The van der Waals surface area contributed by atoms with Crippen molar-refractivity contribution in [3.63, 3.8) is 0 Å². The van der Waals surface area contributed by atoms with Gasteiger partial charge >= 0.3 is 0 Å². The highest BCUT2D eigenvalue weighted by Gasteiger charge is 2.22. The van der Waals surface area contributed by atoms with Crippen LogP contribution in [0.15, 0.2) is 47.4 Å². The Morgan fingerprint density at radius 3 is 2.46 bits per heavy atom. The lowest BCUT2D eigenvalue weighted by Crippen LogP contribution is -2.26. The topological polar surface area (TPSA) is 75.7 Å². The minimum atomic E-state index is -3.80. The lowest BCUT2D eigenvalue weighted by molar-refractivity contribution is -0.0258. The van der Waals surface area contributed by atoms with Crippen LogP contribution < -0.4 is 5.32 Å². The third-order valence-electron chi connectivity index (χ3n) is 3.62. The predicted molar refractivity (Wildman–Crippen MR) is 92.3 cm³/mol. The maximum absolute atomic E-state index is 12.4. The van der Waals surface area contributed by atoms with Gasteiger partial charge in [-0.05, 0) is 43.7 Å². The molecule has 1 N–H and O–H groups in total. The molecule has 0 atom stereocenters. The molecule has 24 heavy (non-hydrogen) atoms. The molecule has 0 heterocycles. The van der Waals surface area contributed by atoms with E-state index in [0.717, 1.165) is 15.6 Å². The number of nitrogens with zero attached hydrogens (tertiary/aromatic N) is 1. The number of aryl methyl sites for hydroxylation is 2. The monoisotopic (exact) mass is 348 g/mol. The Bertz CT molecular complexity index is 863. The second-order valence-corrected chi connectivity index (χ2v) is 7.33. The summed E-state index contributed by atoms with van der Waals surface area (Å²) >= 11 is 0. The van der Waals surface area contributed by atoms with E-state index in [0.29, 0.717) is 5.69 Å².